The lowest BCUT2D eigenvalue weighted by Crippen LogP contribution is -2.00. The van der Waals surface area contributed by atoms with Crippen molar-refractivity contribution in [2.24, 2.45) is 10.8 Å². The fraction of sp³-hybridized carbons (Fsp3) is 0.952. The van der Waals surface area contributed by atoms with Crippen molar-refractivity contribution in [1.82, 2.24) is 0 Å². The van der Waals surface area contributed by atoms with E-state index in [2.05, 4.69) is 83.1 Å². The van der Waals surface area contributed by atoms with E-state index in [1.807, 2.05) is 0 Å². The Morgan fingerprint density at radius 3 is 0.315 bits per heavy atom. The van der Waals surface area contributed by atoms with Gasteiger partial charge in [-0.15, -0.1) is 0 Å². The molecule has 0 spiro atoms. The number of carboxylic acids is 4. The zero-order valence-corrected chi connectivity index (χ0v) is 65.1. The van der Waals surface area contributed by atoms with E-state index in [0.717, 1.165) is 51.4 Å². The molecule has 0 aromatic rings. The van der Waals surface area contributed by atoms with E-state index in [9.17, 15) is 19.2 Å². The van der Waals surface area contributed by atoms with Crippen molar-refractivity contribution in [1.29, 1.82) is 0 Å². The first kappa shape index (κ1) is 101. The number of carbonyl (C=O) groups is 4. The maximum absolute atomic E-state index is 10.3. The van der Waals surface area contributed by atoms with Crippen LogP contribution in [0.2, 0.25) is 0 Å². The van der Waals surface area contributed by atoms with Gasteiger partial charge in [0, 0.05) is 25.7 Å². The molecule has 0 rings (SSSR count). The molecule has 92 heavy (non-hydrogen) atoms. The fourth-order valence-electron chi connectivity index (χ4n) is 10.6. The summed E-state index contributed by atoms with van der Waals surface area (Å²) in [5.41, 5.74) is 1.08. The number of aliphatic carboxylic acids is 4. The number of hydrogen-bond donors (Lipinski definition) is 4. The molecule has 556 valence electrons. The van der Waals surface area contributed by atoms with Crippen molar-refractivity contribution in [3.63, 3.8) is 0 Å². The van der Waals surface area contributed by atoms with Crippen LogP contribution in [-0.4, -0.2) is 44.3 Å². The van der Waals surface area contributed by atoms with Crippen molar-refractivity contribution in [3.8, 4) is 0 Å². The van der Waals surface area contributed by atoms with Crippen molar-refractivity contribution in [3.05, 3.63) is 0 Å². The van der Waals surface area contributed by atoms with Crippen molar-refractivity contribution in [2.45, 2.75) is 507 Å². The number of rotatable bonds is 64. The van der Waals surface area contributed by atoms with Crippen LogP contribution in [-0.2, 0) is 19.2 Å². The van der Waals surface area contributed by atoms with Gasteiger partial charge in [-0.1, -0.05) is 455 Å². The minimum atomic E-state index is -0.653. The molecule has 0 aliphatic rings. The highest BCUT2D eigenvalue weighted by atomic mass is 16.4. The molecule has 4 N–H and O–H groups in total. The second-order valence-electron chi connectivity index (χ2n) is 30.2. The van der Waals surface area contributed by atoms with Crippen LogP contribution in [0.25, 0.3) is 0 Å². The molecule has 0 aliphatic heterocycles. The Hall–Kier alpha value is -2.12. The predicted molar refractivity (Wildman–Crippen MR) is 408 cm³/mol. The highest BCUT2D eigenvalue weighted by Crippen LogP contribution is 2.20. The van der Waals surface area contributed by atoms with E-state index in [0.29, 0.717) is 36.5 Å². The van der Waals surface area contributed by atoms with Gasteiger partial charge in [0.1, 0.15) is 0 Å². The first-order valence-electron chi connectivity index (χ1n) is 41.1. The van der Waals surface area contributed by atoms with E-state index in [4.69, 9.17) is 20.4 Å². The summed E-state index contributed by atoms with van der Waals surface area (Å²) in [6.45, 7) is 27.0. The lowest BCUT2D eigenvalue weighted by Gasteiger charge is -2.12. The van der Waals surface area contributed by atoms with Crippen molar-refractivity contribution >= 4 is 23.9 Å². The first-order valence-corrected chi connectivity index (χ1v) is 41.1. The summed E-state index contributed by atoms with van der Waals surface area (Å²) in [6, 6.07) is 0. The van der Waals surface area contributed by atoms with Crippen LogP contribution in [0.5, 0.6) is 0 Å². The van der Waals surface area contributed by atoms with Crippen LogP contribution in [0, 0.1) is 10.8 Å². The molecule has 8 nitrogen and oxygen atoms in total. The average molecular weight is 1310 g/mol. The minimum absolute atomic E-state index is 0.345. The average Bonchev–Trinajstić information content (AvgIpc) is 3.56. The van der Waals surface area contributed by atoms with E-state index in [-0.39, 0.29) is 0 Å². The predicted octanol–water partition coefficient (Wildman–Crippen LogP) is 30.2. The molecule has 0 aromatic carbocycles. The Labute approximate surface area is 578 Å². The molecule has 0 aliphatic carbocycles. The normalized spacial score (nSPS) is 11.0. The topological polar surface area (TPSA) is 149 Å². The Bertz CT molecular complexity index is 1180. The minimum Gasteiger partial charge on any atom is -0.481 e. The zero-order valence-electron chi connectivity index (χ0n) is 65.1. The van der Waals surface area contributed by atoms with Gasteiger partial charge in [-0.05, 0) is 36.5 Å². The lowest BCUT2D eigenvalue weighted by molar-refractivity contribution is -0.138. The van der Waals surface area contributed by atoms with Gasteiger partial charge in [-0.3, -0.25) is 19.2 Å². The molecule has 0 heterocycles. The molecule has 0 atom stereocenters. The summed E-state index contributed by atoms with van der Waals surface area (Å²) in [4.78, 5) is 41.3. The highest BCUT2D eigenvalue weighted by molar-refractivity contribution is 5.67. The molecular formula is C84H172O8. The van der Waals surface area contributed by atoms with Crippen molar-refractivity contribution in [2.75, 3.05) is 0 Å². The van der Waals surface area contributed by atoms with Crippen molar-refractivity contribution < 1.29 is 39.6 Å². The van der Waals surface area contributed by atoms with E-state index in [1.165, 1.54) is 347 Å². The maximum atomic E-state index is 10.3. The van der Waals surface area contributed by atoms with E-state index in [1.54, 1.807) is 0 Å². The summed E-state index contributed by atoms with van der Waals surface area (Å²) in [5.74, 6) is -2.61. The lowest BCUT2D eigenvalue weighted by atomic mass is 9.94. The van der Waals surface area contributed by atoms with Gasteiger partial charge >= 0.3 is 23.9 Å². The van der Waals surface area contributed by atoms with Gasteiger partial charge in [0.2, 0.25) is 0 Å². The molecule has 0 amide bonds. The van der Waals surface area contributed by atoms with Gasteiger partial charge in [0.25, 0.3) is 0 Å². The van der Waals surface area contributed by atoms with Crippen LogP contribution in [0.15, 0.2) is 0 Å². The quantitative estimate of drug-likeness (QED) is 0.0440. The first-order chi connectivity index (χ1) is 44.2. The molecule has 0 unspecified atom stereocenters. The monoisotopic (exact) mass is 1310 g/mol. The van der Waals surface area contributed by atoms with Crippen LogP contribution >= 0.6 is 0 Å². The molecule has 0 saturated carbocycles. The molecule has 0 fully saturated rings. The Kier molecular flexibility index (Phi) is 97.5. The maximum Gasteiger partial charge on any atom is 0.303 e. The van der Waals surface area contributed by atoms with E-state index >= 15 is 0 Å². The molecular weight excluding hydrogens is 1140 g/mol. The van der Waals surface area contributed by atoms with Gasteiger partial charge in [0.05, 0.1) is 0 Å². The highest BCUT2D eigenvalue weighted by Gasteiger charge is 2.05. The second kappa shape index (κ2) is 88.9. The summed E-state index contributed by atoms with van der Waals surface area (Å²) >= 11 is 0. The summed E-state index contributed by atoms with van der Waals surface area (Å²) in [7, 11) is 0. The van der Waals surface area contributed by atoms with E-state index < -0.39 is 23.9 Å². The summed E-state index contributed by atoms with van der Waals surface area (Å²) in [5, 5.41) is 34.1. The van der Waals surface area contributed by atoms with Crippen LogP contribution in [0.3, 0.4) is 0 Å². The van der Waals surface area contributed by atoms with Crippen LogP contribution in [0.1, 0.15) is 507 Å². The molecule has 0 aromatic heterocycles. The number of unbranched alkanes of at least 4 members (excludes halogenated alkanes) is 56. The largest absolute Gasteiger partial charge is 0.481 e. The third kappa shape index (κ3) is 128. The van der Waals surface area contributed by atoms with Crippen LogP contribution in [0.4, 0.5) is 0 Å². The smallest absolute Gasteiger partial charge is 0.303 e. The number of carboxylic acid groups (broad SMARTS) is 4. The third-order valence-corrected chi connectivity index (χ3v) is 18.1. The fourth-order valence-corrected chi connectivity index (χ4v) is 10.6. The zero-order chi connectivity index (χ0) is 70.0. The summed E-state index contributed by atoms with van der Waals surface area (Å²) < 4.78 is 0. The second-order valence-corrected chi connectivity index (χ2v) is 30.2. The Morgan fingerprint density at radius 2 is 0.250 bits per heavy atom. The van der Waals surface area contributed by atoms with Gasteiger partial charge in [-0.2, -0.15) is 0 Å². The standard InChI is InChI=1S/4C18H36O2.2C6H14/c4*1-2-3-4-5-6-7-8-9-10-11-12-13-14-15-16-17-18(19)20;2*1-5-6(2,3)4/h4*2-17H2,1H3,(H,19,20);2*5H2,1-4H3. The number of hydrogen-bond acceptors (Lipinski definition) is 4. The Balaban J connectivity index is -0.000000252. The SMILES string of the molecule is CCC(C)(C)C.CCC(C)(C)C.CCCCCCCCCCCCCCCCCC(=O)O.CCCCCCCCCCCCCCCCCC(=O)O.CCCCCCCCCCCCCCCCCC(=O)O.CCCCCCCCCCCCCCCCCC(=O)O. The van der Waals surface area contributed by atoms with Gasteiger partial charge in [-0.25, -0.2) is 0 Å². The van der Waals surface area contributed by atoms with Gasteiger partial charge < -0.3 is 20.4 Å². The molecule has 0 bridgehead atoms. The molecule has 8 heteroatoms. The molecule has 0 saturated heterocycles. The third-order valence-electron chi connectivity index (χ3n) is 18.1. The summed E-state index contributed by atoms with van der Waals surface area (Å²) in [6.07, 6.45) is 83.3. The van der Waals surface area contributed by atoms with Crippen LogP contribution < -0.4 is 0 Å². The Morgan fingerprint density at radius 1 is 0.174 bits per heavy atom. The van der Waals surface area contributed by atoms with Gasteiger partial charge in [0.15, 0.2) is 0 Å². The molecule has 0 radical (unpaired) electrons.